The van der Waals surface area contributed by atoms with E-state index in [1.807, 2.05) is 57.4 Å². The molecule has 1 amide bonds. The number of rotatable bonds is 5. The van der Waals surface area contributed by atoms with Gasteiger partial charge in [0.15, 0.2) is 5.13 Å². The number of anilines is 1. The lowest BCUT2D eigenvalue weighted by atomic mass is 10.2. The Morgan fingerprint density at radius 1 is 1.15 bits per heavy atom. The van der Waals surface area contributed by atoms with Crippen LogP contribution in [0.1, 0.15) is 15.9 Å². The third-order valence-electron chi connectivity index (χ3n) is 3.93. The number of hydrogen-bond acceptors (Lipinski definition) is 4. The Kier molecular flexibility index (Phi) is 7.17. The highest BCUT2D eigenvalue weighted by molar-refractivity contribution is 9.10. The highest BCUT2D eigenvalue weighted by atomic mass is 79.9. The Balaban J connectivity index is 0.00000243. The predicted octanol–water partition coefficient (Wildman–Crippen LogP) is 5.00. The normalized spacial score (nSPS) is 10.8. The molecule has 0 bridgehead atoms. The first-order valence-electron chi connectivity index (χ1n) is 8.04. The summed E-state index contributed by atoms with van der Waals surface area (Å²) < 4.78 is 2.00. The Hall–Kier alpha value is -1.47. The molecule has 1 aromatic heterocycles. The van der Waals surface area contributed by atoms with Crippen LogP contribution < -0.4 is 4.90 Å². The van der Waals surface area contributed by atoms with E-state index in [9.17, 15) is 4.79 Å². The van der Waals surface area contributed by atoms with Crippen molar-refractivity contribution < 1.29 is 4.79 Å². The van der Waals surface area contributed by atoms with Crippen LogP contribution in [0, 0.1) is 6.92 Å². The van der Waals surface area contributed by atoms with Crippen LogP contribution in [0.5, 0.6) is 0 Å². The predicted molar refractivity (Wildman–Crippen MR) is 116 cm³/mol. The van der Waals surface area contributed by atoms with E-state index in [1.165, 1.54) is 0 Å². The zero-order chi connectivity index (χ0) is 18.0. The molecule has 0 saturated heterocycles. The molecule has 0 N–H and O–H groups in total. The van der Waals surface area contributed by atoms with Gasteiger partial charge in [0.1, 0.15) is 0 Å². The fourth-order valence-corrected chi connectivity index (χ4v) is 4.02. The van der Waals surface area contributed by atoms with Crippen LogP contribution >= 0.6 is 39.7 Å². The molecule has 7 heteroatoms. The van der Waals surface area contributed by atoms with E-state index in [2.05, 4.69) is 26.9 Å². The van der Waals surface area contributed by atoms with Gasteiger partial charge in [-0.25, -0.2) is 4.98 Å². The minimum absolute atomic E-state index is 0. The van der Waals surface area contributed by atoms with Crippen LogP contribution in [-0.4, -0.2) is 43.0 Å². The molecule has 3 aromatic rings. The van der Waals surface area contributed by atoms with Gasteiger partial charge in [-0.15, -0.1) is 12.4 Å². The van der Waals surface area contributed by atoms with Gasteiger partial charge < -0.3 is 4.90 Å². The number of amides is 1. The molecule has 0 aliphatic heterocycles. The molecule has 0 aliphatic carbocycles. The Morgan fingerprint density at radius 3 is 2.54 bits per heavy atom. The number of hydrogen-bond donors (Lipinski definition) is 0. The number of likely N-dealkylation sites (N-methyl/N-ethyl adjacent to an activating group) is 1. The molecule has 0 spiro atoms. The van der Waals surface area contributed by atoms with Gasteiger partial charge in [-0.05, 0) is 50.8 Å². The standard InChI is InChI=1S/C19H20BrN3OS.ClH/c1-13-6-4-9-16-17(13)21-19(25-16)23(11-10-22(2)3)18(24)14-7-5-8-15(20)12-14;/h4-9,12H,10-11H2,1-3H3;1H. The fourth-order valence-electron chi connectivity index (χ4n) is 2.55. The van der Waals surface area contributed by atoms with Crippen molar-refractivity contribution >= 4 is 60.9 Å². The number of nitrogens with zero attached hydrogens (tertiary/aromatic N) is 3. The summed E-state index contributed by atoms with van der Waals surface area (Å²) in [5, 5.41) is 0.746. The highest BCUT2D eigenvalue weighted by Gasteiger charge is 2.21. The second kappa shape index (κ2) is 8.95. The maximum Gasteiger partial charge on any atom is 0.260 e. The first-order valence-corrected chi connectivity index (χ1v) is 9.65. The lowest BCUT2D eigenvalue weighted by Gasteiger charge is -2.22. The molecule has 4 nitrogen and oxygen atoms in total. The van der Waals surface area contributed by atoms with Crippen LogP contribution in [-0.2, 0) is 0 Å². The first-order chi connectivity index (χ1) is 12.0. The summed E-state index contributed by atoms with van der Waals surface area (Å²) in [6, 6.07) is 13.6. The summed E-state index contributed by atoms with van der Waals surface area (Å²) in [5.74, 6) is -0.0279. The van der Waals surface area contributed by atoms with Crippen molar-refractivity contribution in [2.45, 2.75) is 6.92 Å². The molecular formula is C19H21BrClN3OS. The van der Waals surface area contributed by atoms with Crippen molar-refractivity contribution in [3.63, 3.8) is 0 Å². The monoisotopic (exact) mass is 453 g/mol. The summed E-state index contributed by atoms with van der Waals surface area (Å²) in [4.78, 5) is 21.7. The Labute approximate surface area is 172 Å². The fraction of sp³-hybridized carbons (Fsp3) is 0.263. The Bertz CT molecular complexity index is 913. The third-order valence-corrected chi connectivity index (χ3v) is 5.46. The van der Waals surface area contributed by atoms with Gasteiger partial charge in [-0.3, -0.25) is 9.69 Å². The number of thiazole rings is 1. The number of carbonyl (C=O) groups is 1. The zero-order valence-electron chi connectivity index (χ0n) is 14.9. The molecule has 2 aromatic carbocycles. The minimum atomic E-state index is -0.0279. The third kappa shape index (κ3) is 4.62. The summed E-state index contributed by atoms with van der Waals surface area (Å²) in [5.41, 5.74) is 2.76. The van der Waals surface area contributed by atoms with Crippen molar-refractivity contribution in [3.8, 4) is 0 Å². The topological polar surface area (TPSA) is 36.4 Å². The van der Waals surface area contributed by atoms with Gasteiger partial charge in [-0.1, -0.05) is 45.5 Å². The quantitative estimate of drug-likeness (QED) is 0.544. The lowest BCUT2D eigenvalue weighted by Crippen LogP contribution is -2.36. The molecule has 0 fully saturated rings. The van der Waals surface area contributed by atoms with Gasteiger partial charge in [0.05, 0.1) is 10.2 Å². The van der Waals surface area contributed by atoms with Crippen molar-refractivity contribution in [3.05, 3.63) is 58.1 Å². The second-order valence-corrected chi connectivity index (χ2v) is 8.11. The average molecular weight is 455 g/mol. The van der Waals surface area contributed by atoms with Crippen LogP contribution in [0.3, 0.4) is 0 Å². The summed E-state index contributed by atoms with van der Waals surface area (Å²) >= 11 is 5.01. The van der Waals surface area contributed by atoms with Crippen LogP contribution in [0.25, 0.3) is 10.2 Å². The molecule has 1 heterocycles. The number of fused-ring (bicyclic) bond motifs is 1. The molecule has 3 rings (SSSR count). The number of halogens is 2. The highest BCUT2D eigenvalue weighted by Crippen LogP contribution is 2.31. The molecule has 0 aliphatic rings. The maximum atomic E-state index is 13.1. The van der Waals surface area contributed by atoms with Crippen molar-refractivity contribution in [2.75, 3.05) is 32.1 Å². The molecule has 138 valence electrons. The first kappa shape index (κ1) is 20.8. The minimum Gasteiger partial charge on any atom is -0.308 e. The number of aromatic nitrogens is 1. The molecule has 0 unspecified atom stereocenters. The van der Waals surface area contributed by atoms with Crippen molar-refractivity contribution in [1.29, 1.82) is 0 Å². The summed E-state index contributed by atoms with van der Waals surface area (Å²) in [6.07, 6.45) is 0. The van der Waals surface area contributed by atoms with Gasteiger partial charge >= 0.3 is 0 Å². The van der Waals surface area contributed by atoms with Crippen LogP contribution in [0.15, 0.2) is 46.9 Å². The van der Waals surface area contributed by atoms with E-state index in [1.54, 1.807) is 16.2 Å². The zero-order valence-corrected chi connectivity index (χ0v) is 18.1. The van der Waals surface area contributed by atoms with Crippen molar-refractivity contribution in [2.24, 2.45) is 0 Å². The molecule has 0 saturated carbocycles. The number of carbonyl (C=O) groups excluding carboxylic acids is 1. The average Bonchev–Trinajstić information content (AvgIpc) is 3.00. The summed E-state index contributed by atoms with van der Waals surface area (Å²) in [7, 11) is 4.01. The van der Waals surface area contributed by atoms with E-state index in [0.717, 1.165) is 31.9 Å². The molecule has 0 atom stereocenters. The second-order valence-electron chi connectivity index (χ2n) is 6.19. The number of para-hydroxylation sites is 1. The van der Waals surface area contributed by atoms with E-state index < -0.39 is 0 Å². The summed E-state index contributed by atoms with van der Waals surface area (Å²) in [6.45, 7) is 3.41. The van der Waals surface area contributed by atoms with E-state index >= 15 is 0 Å². The SMILES string of the molecule is Cc1cccc2sc(N(CCN(C)C)C(=O)c3cccc(Br)c3)nc12.Cl. The van der Waals surface area contributed by atoms with E-state index in [0.29, 0.717) is 12.1 Å². The number of benzene rings is 2. The van der Waals surface area contributed by atoms with Gasteiger partial charge in [0.2, 0.25) is 0 Å². The van der Waals surface area contributed by atoms with Crippen LogP contribution in [0.4, 0.5) is 5.13 Å². The number of aryl methyl sites for hydroxylation is 1. The van der Waals surface area contributed by atoms with E-state index in [-0.39, 0.29) is 18.3 Å². The van der Waals surface area contributed by atoms with E-state index in [4.69, 9.17) is 4.98 Å². The van der Waals surface area contributed by atoms with Gasteiger partial charge in [0, 0.05) is 23.1 Å². The van der Waals surface area contributed by atoms with Crippen LogP contribution in [0.2, 0.25) is 0 Å². The van der Waals surface area contributed by atoms with Gasteiger partial charge in [-0.2, -0.15) is 0 Å². The molecule has 0 radical (unpaired) electrons. The maximum absolute atomic E-state index is 13.1. The lowest BCUT2D eigenvalue weighted by molar-refractivity contribution is 0.0985. The smallest absolute Gasteiger partial charge is 0.260 e. The molecular weight excluding hydrogens is 434 g/mol. The van der Waals surface area contributed by atoms with Crippen molar-refractivity contribution in [1.82, 2.24) is 9.88 Å². The largest absolute Gasteiger partial charge is 0.308 e. The Morgan fingerprint density at radius 2 is 1.88 bits per heavy atom. The molecule has 26 heavy (non-hydrogen) atoms. The van der Waals surface area contributed by atoms with Gasteiger partial charge in [0.25, 0.3) is 5.91 Å².